The predicted octanol–water partition coefficient (Wildman–Crippen LogP) is 3.21. The van der Waals surface area contributed by atoms with E-state index in [0.717, 1.165) is 16.5 Å². The lowest BCUT2D eigenvalue weighted by molar-refractivity contribution is 0.376. The van der Waals surface area contributed by atoms with E-state index in [4.69, 9.17) is 0 Å². The van der Waals surface area contributed by atoms with Crippen molar-refractivity contribution in [3.8, 4) is 0 Å². The van der Waals surface area contributed by atoms with Crippen LogP contribution in [0.5, 0.6) is 0 Å². The van der Waals surface area contributed by atoms with Crippen LogP contribution < -0.4 is 0 Å². The molecule has 1 aromatic heterocycles. The molecule has 1 nitrogen and oxygen atoms in total. The highest BCUT2D eigenvalue weighted by Crippen LogP contribution is 2.27. The molecule has 0 saturated carbocycles. The third kappa shape index (κ3) is 1.22. The van der Waals surface area contributed by atoms with Crippen LogP contribution in [0.3, 0.4) is 0 Å². The summed E-state index contributed by atoms with van der Waals surface area (Å²) in [6.07, 6.45) is 0.959. The fraction of sp³-hybridized carbons (Fsp3) is 0.273. The summed E-state index contributed by atoms with van der Waals surface area (Å²) in [7, 11) is 1.94. The first-order valence-electron chi connectivity index (χ1n) is 4.38. The second-order valence-electron chi connectivity index (χ2n) is 3.33. The van der Waals surface area contributed by atoms with Crippen LogP contribution in [0.2, 0.25) is 0 Å². The van der Waals surface area contributed by atoms with Crippen LogP contribution in [0, 0.1) is 0 Å². The van der Waals surface area contributed by atoms with Gasteiger partial charge < -0.3 is 4.57 Å². The Balaban J connectivity index is 2.78. The Morgan fingerprint density at radius 1 is 1.31 bits per heavy atom. The molecule has 1 aromatic carbocycles. The van der Waals surface area contributed by atoms with Crippen molar-refractivity contribution in [2.24, 2.45) is 7.05 Å². The first kappa shape index (κ1) is 8.30. The van der Waals surface area contributed by atoms with Gasteiger partial charge in [0.2, 0.25) is 0 Å². The van der Waals surface area contributed by atoms with Crippen molar-refractivity contribution in [2.45, 2.75) is 13.1 Å². The molecule has 0 amide bonds. The van der Waals surface area contributed by atoms with Gasteiger partial charge in [0.05, 0.1) is 0 Å². The number of alkyl halides is 1. The molecule has 2 aromatic rings. The molecule has 68 valence electrons. The number of fused-ring (bicyclic) bond motifs is 1. The molecule has 0 aliphatic rings. The molecule has 0 N–H and O–H groups in total. The van der Waals surface area contributed by atoms with E-state index in [0.29, 0.717) is 0 Å². The zero-order valence-corrected chi connectivity index (χ0v) is 7.79. The summed E-state index contributed by atoms with van der Waals surface area (Å²) in [6.45, 7) is 1.57. The molecular formula is C11H12FN. The highest BCUT2D eigenvalue weighted by atomic mass is 19.1. The molecule has 0 radical (unpaired) electrons. The van der Waals surface area contributed by atoms with Gasteiger partial charge in [-0.2, -0.15) is 0 Å². The van der Waals surface area contributed by atoms with Crippen LogP contribution in [0.4, 0.5) is 4.39 Å². The van der Waals surface area contributed by atoms with E-state index in [1.165, 1.54) is 0 Å². The lowest BCUT2D eigenvalue weighted by Crippen LogP contribution is -1.83. The summed E-state index contributed by atoms with van der Waals surface area (Å²) in [4.78, 5) is 0. The molecule has 0 spiro atoms. The van der Waals surface area contributed by atoms with Crippen LogP contribution in [0.25, 0.3) is 10.9 Å². The fourth-order valence-corrected chi connectivity index (χ4v) is 1.69. The number of benzene rings is 1. The second kappa shape index (κ2) is 2.87. The molecule has 1 heterocycles. The maximum Gasteiger partial charge on any atom is 0.124 e. The Bertz CT molecular complexity index is 429. The Hall–Kier alpha value is -1.31. The van der Waals surface area contributed by atoms with E-state index in [2.05, 4.69) is 0 Å². The smallest absolute Gasteiger partial charge is 0.124 e. The van der Waals surface area contributed by atoms with E-state index in [9.17, 15) is 4.39 Å². The van der Waals surface area contributed by atoms with Crippen molar-refractivity contribution in [3.63, 3.8) is 0 Å². The Labute approximate surface area is 76.8 Å². The van der Waals surface area contributed by atoms with Gasteiger partial charge in [0.25, 0.3) is 0 Å². The molecule has 1 atom stereocenters. The van der Waals surface area contributed by atoms with Crippen molar-refractivity contribution < 1.29 is 4.39 Å². The minimum absolute atomic E-state index is 0.776. The number of halogens is 1. The summed E-state index contributed by atoms with van der Waals surface area (Å²) in [5.74, 6) is 0. The minimum Gasteiger partial charge on any atom is -0.350 e. The molecule has 2 rings (SSSR count). The van der Waals surface area contributed by atoms with Crippen molar-refractivity contribution in [1.82, 2.24) is 4.57 Å². The third-order valence-electron chi connectivity index (χ3n) is 2.36. The van der Waals surface area contributed by atoms with E-state index in [-0.39, 0.29) is 0 Å². The van der Waals surface area contributed by atoms with E-state index < -0.39 is 6.17 Å². The van der Waals surface area contributed by atoms with E-state index >= 15 is 0 Å². The number of para-hydroxylation sites is 1. The lowest BCUT2D eigenvalue weighted by Gasteiger charge is -1.97. The van der Waals surface area contributed by atoms with Gasteiger partial charge in [0.15, 0.2) is 0 Å². The van der Waals surface area contributed by atoms with Crippen molar-refractivity contribution in [1.29, 1.82) is 0 Å². The third-order valence-corrected chi connectivity index (χ3v) is 2.36. The summed E-state index contributed by atoms with van der Waals surface area (Å²) >= 11 is 0. The maximum atomic E-state index is 13.2. The van der Waals surface area contributed by atoms with Gasteiger partial charge in [-0.25, -0.2) is 4.39 Å². The quantitative estimate of drug-likeness (QED) is 0.630. The topological polar surface area (TPSA) is 4.93 Å². The average molecular weight is 177 g/mol. The number of rotatable bonds is 1. The summed E-state index contributed by atoms with van der Waals surface area (Å²) in [5.41, 5.74) is 1.86. The Morgan fingerprint density at radius 2 is 2.00 bits per heavy atom. The predicted molar refractivity (Wildman–Crippen MR) is 52.4 cm³/mol. The maximum absolute atomic E-state index is 13.2. The first-order valence-corrected chi connectivity index (χ1v) is 4.38. The van der Waals surface area contributed by atoms with Crippen LogP contribution >= 0.6 is 0 Å². The van der Waals surface area contributed by atoms with Gasteiger partial charge in [-0.3, -0.25) is 0 Å². The van der Waals surface area contributed by atoms with Crippen LogP contribution in [-0.2, 0) is 7.05 Å². The second-order valence-corrected chi connectivity index (χ2v) is 3.33. The Morgan fingerprint density at radius 3 is 2.69 bits per heavy atom. The van der Waals surface area contributed by atoms with Crippen molar-refractivity contribution in [2.75, 3.05) is 0 Å². The number of hydrogen-bond donors (Lipinski definition) is 0. The lowest BCUT2D eigenvalue weighted by atomic mass is 10.1. The van der Waals surface area contributed by atoms with Gasteiger partial charge in [-0.15, -0.1) is 0 Å². The molecule has 1 unspecified atom stereocenters. The molecule has 0 aliphatic carbocycles. The zero-order valence-electron chi connectivity index (χ0n) is 7.79. The van der Waals surface area contributed by atoms with E-state index in [1.807, 2.05) is 42.1 Å². The molecular weight excluding hydrogens is 165 g/mol. The first-order chi connectivity index (χ1) is 6.20. The molecule has 0 saturated heterocycles. The Kier molecular flexibility index (Phi) is 1.83. The average Bonchev–Trinajstić information content (AvgIpc) is 2.45. The molecule has 0 fully saturated rings. The summed E-state index contributed by atoms with van der Waals surface area (Å²) in [6, 6.07) is 7.87. The number of aryl methyl sites for hydroxylation is 1. The van der Waals surface area contributed by atoms with Gasteiger partial charge in [0, 0.05) is 29.7 Å². The van der Waals surface area contributed by atoms with Gasteiger partial charge in [0.1, 0.15) is 6.17 Å². The van der Waals surface area contributed by atoms with Crippen LogP contribution in [0.15, 0.2) is 30.5 Å². The molecule has 13 heavy (non-hydrogen) atoms. The van der Waals surface area contributed by atoms with Crippen molar-refractivity contribution >= 4 is 10.9 Å². The summed E-state index contributed by atoms with van der Waals surface area (Å²) in [5, 5.41) is 1.01. The standard InChI is InChI=1S/C11H12FN/c1-8(12)10-7-13(2)11-6-4-3-5-9(10)11/h3-8H,1-2H3. The SMILES string of the molecule is CC(F)c1cn(C)c2ccccc12. The monoisotopic (exact) mass is 177 g/mol. The zero-order chi connectivity index (χ0) is 9.42. The number of nitrogens with zero attached hydrogens (tertiary/aromatic N) is 1. The number of hydrogen-bond acceptors (Lipinski definition) is 0. The van der Waals surface area contributed by atoms with Crippen LogP contribution in [0.1, 0.15) is 18.7 Å². The number of aromatic nitrogens is 1. The summed E-state index contributed by atoms with van der Waals surface area (Å²) < 4.78 is 15.1. The fourth-order valence-electron chi connectivity index (χ4n) is 1.69. The van der Waals surface area contributed by atoms with E-state index in [1.54, 1.807) is 6.92 Å². The minimum atomic E-state index is -0.897. The van der Waals surface area contributed by atoms with Gasteiger partial charge in [-0.05, 0) is 13.0 Å². The molecule has 0 aliphatic heterocycles. The molecule has 2 heteroatoms. The van der Waals surface area contributed by atoms with Crippen molar-refractivity contribution in [3.05, 3.63) is 36.0 Å². The van der Waals surface area contributed by atoms with Gasteiger partial charge in [-0.1, -0.05) is 18.2 Å². The normalized spacial score (nSPS) is 13.5. The largest absolute Gasteiger partial charge is 0.350 e. The highest BCUT2D eigenvalue weighted by Gasteiger charge is 2.10. The van der Waals surface area contributed by atoms with Crippen LogP contribution in [-0.4, -0.2) is 4.57 Å². The van der Waals surface area contributed by atoms with Gasteiger partial charge >= 0.3 is 0 Å². The molecule has 0 bridgehead atoms. The highest BCUT2D eigenvalue weighted by molar-refractivity contribution is 5.84.